The normalized spacial score (nSPS) is 14.6. The molecule has 1 N–H and O–H groups in total. The number of hydrogen-bond donors (Lipinski definition) is 1. The lowest BCUT2D eigenvalue weighted by atomic mass is 10.2. The van der Waals surface area contributed by atoms with E-state index in [4.69, 9.17) is 0 Å². The van der Waals surface area contributed by atoms with Gasteiger partial charge in [0.1, 0.15) is 0 Å². The van der Waals surface area contributed by atoms with Gasteiger partial charge < -0.3 is 10.2 Å². The zero-order valence-corrected chi connectivity index (χ0v) is 11.5. The van der Waals surface area contributed by atoms with Crippen molar-refractivity contribution in [3.63, 3.8) is 0 Å². The maximum atomic E-state index is 12.1. The van der Waals surface area contributed by atoms with Gasteiger partial charge in [-0.1, -0.05) is 18.2 Å². The van der Waals surface area contributed by atoms with Crippen LogP contribution in [0.4, 0.5) is 11.4 Å². The zero-order chi connectivity index (χ0) is 13.1. The number of nitrogens with one attached hydrogen (secondary N) is 1. The minimum absolute atomic E-state index is 0.0263. The topological polar surface area (TPSA) is 32.3 Å². The molecular weight excluding hydrogens is 256 g/mol. The van der Waals surface area contributed by atoms with Gasteiger partial charge in [0.25, 0.3) is 5.91 Å². The van der Waals surface area contributed by atoms with E-state index in [9.17, 15) is 4.79 Å². The molecule has 0 spiro atoms. The maximum Gasteiger partial charge on any atom is 0.265 e. The monoisotopic (exact) mass is 272 g/mol. The molecule has 2 heterocycles. The molecule has 19 heavy (non-hydrogen) atoms. The lowest BCUT2D eigenvalue weighted by Gasteiger charge is -2.21. The summed E-state index contributed by atoms with van der Waals surface area (Å²) < 4.78 is 0. The van der Waals surface area contributed by atoms with E-state index in [0.29, 0.717) is 0 Å². The Morgan fingerprint density at radius 3 is 2.63 bits per heavy atom. The van der Waals surface area contributed by atoms with E-state index >= 15 is 0 Å². The summed E-state index contributed by atoms with van der Waals surface area (Å²) in [5.74, 6) is -0.0263. The first-order valence-corrected chi connectivity index (χ1v) is 7.41. The van der Waals surface area contributed by atoms with Gasteiger partial charge in [-0.2, -0.15) is 0 Å². The predicted octanol–water partition coefficient (Wildman–Crippen LogP) is 3.60. The number of para-hydroxylation sites is 2. The van der Waals surface area contributed by atoms with Gasteiger partial charge in [-0.05, 0) is 36.4 Å². The molecule has 0 bridgehead atoms. The Kier molecular flexibility index (Phi) is 3.51. The summed E-state index contributed by atoms with van der Waals surface area (Å²) in [6, 6.07) is 11.8. The molecule has 0 saturated carbocycles. The second kappa shape index (κ2) is 5.45. The Morgan fingerprint density at radius 1 is 1.11 bits per heavy atom. The Morgan fingerprint density at radius 2 is 1.89 bits per heavy atom. The van der Waals surface area contributed by atoms with E-state index in [1.54, 1.807) is 0 Å². The highest BCUT2D eigenvalue weighted by Gasteiger charge is 2.17. The summed E-state index contributed by atoms with van der Waals surface area (Å²) in [7, 11) is 0. The third kappa shape index (κ3) is 2.63. The standard InChI is InChI=1S/C15H16N2OS/c18-15(14-8-5-11-19-14)16-12-6-1-2-7-13(12)17-9-3-4-10-17/h1-2,5-8,11H,3-4,9-10H2,(H,16,18). The van der Waals surface area contributed by atoms with Crippen molar-refractivity contribution in [2.75, 3.05) is 23.3 Å². The predicted molar refractivity (Wildman–Crippen MR) is 80.2 cm³/mol. The third-order valence-corrected chi connectivity index (χ3v) is 4.21. The molecule has 0 radical (unpaired) electrons. The van der Waals surface area contributed by atoms with Gasteiger partial charge >= 0.3 is 0 Å². The number of amides is 1. The summed E-state index contributed by atoms with van der Waals surface area (Å²) in [5, 5.41) is 4.94. The van der Waals surface area contributed by atoms with Crippen molar-refractivity contribution in [1.29, 1.82) is 0 Å². The van der Waals surface area contributed by atoms with Crippen LogP contribution < -0.4 is 10.2 Å². The number of rotatable bonds is 3. The van der Waals surface area contributed by atoms with Crippen LogP contribution in [0.25, 0.3) is 0 Å². The third-order valence-electron chi connectivity index (χ3n) is 3.34. The van der Waals surface area contributed by atoms with Gasteiger partial charge in [-0.15, -0.1) is 11.3 Å². The second-order valence-corrected chi connectivity index (χ2v) is 5.59. The fourth-order valence-electron chi connectivity index (χ4n) is 2.40. The lowest BCUT2D eigenvalue weighted by molar-refractivity contribution is 0.103. The van der Waals surface area contributed by atoms with E-state index in [0.717, 1.165) is 29.3 Å². The number of nitrogens with zero attached hydrogens (tertiary/aromatic N) is 1. The molecule has 98 valence electrons. The Balaban J connectivity index is 1.82. The summed E-state index contributed by atoms with van der Waals surface area (Å²) in [6.07, 6.45) is 2.46. The van der Waals surface area contributed by atoms with Crippen LogP contribution in [0.3, 0.4) is 0 Å². The molecule has 3 nitrogen and oxygen atoms in total. The molecule has 1 aromatic heterocycles. The molecule has 3 rings (SSSR count). The van der Waals surface area contributed by atoms with Crippen LogP contribution in [0.15, 0.2) is 41.8 Å². The molecule has 1 aromatic carbocycles. The average Bonchev–Trinajstić information content (AvgIpc) is 3.13. The van der Waals surface area contributed by atoms with Crippen molar-refractivity contribution in [2.24, 2.45) is 0 Å². The Bertz CT molecular complexity index is 559. The van der Waals surface area contributed by atoms with Crippen LogP contribution >= 0.6 is 11.3 Å². The van der Waals surface area contributed by atoms with Crippen LogP contribution in [0.1, 0.15) is 22.5 Å². The van der Waals surface area contributed by atoms with Crippen molar-refractivity contribution in [2.45, 2.75) is 12.8 Å². The molecule has 0 unspecified atom stereocenters. The SMILES string of the molecule is O=C(Nc1ccccc1N1CCCC1)c1cccs1. The summed E-state index contributed by atoms with van der Waals surface area (Å²) >= 11 is 1.46. The molecule has 4 heteroatoms. The van der Waals surface area contributed by atoms with Crippen molar-refractivity contribution < 1.29 is 4.79 Å². The lowest BCUT2D eigenvalue weighted by Crippen LogP contribution is -2.20. The van der Waals surface area contributed by atoms with E-state index in [1.165, 1.54) is 24.2 Å². The number of carbonyl (C=O) groups excluding carboxylic acids is 1. The van der Waals surface area contributed by atoms with Crippen LogP contribution in [-0.4, -0.2) is 19.0 Å². The molecule has 1 saturated heterocycles. The van der Waals surface area contributed by atoms with Crippen LogP contribution in [0, 0.1) is 0 Å². The molecule has 2 aromatic rings. The van der Waals surface area contributed by atoms with Crippen molar-refractivity contribution >= 4 is 28.6 Å². The Labute approximate surface area is 116 Å². The number of anilines is 2. The molecule has 1 aliphatic rings. The molecule has 1 fully saturated rings. The minimum atomic E-state index is -0.0263. The van der Waals surface area contributed by atoms with Crippen molar-refractivity contribution in [3.05, 3.63) is 46.7 Å². The maximum absolute atomic E-state index is 12.1. The Hall–Kier alpha value is -1.81. The first-order valence-electron chi connectivity index (χ1n) is 6.53. The number of thiophene rings is 1. The minimum Gasteiger partial charge on any atom is -0.370 e. The highest BCUT2D eigenvalue weighted by atomic mass is 32.1. The number of carbonyl (C=O) groups is 1. The van der Waals surface area contributed by atoms with Crippen LogP contribution in [0.5, 0.6) is 0 Å². The van der Waals surface area contributed by atoms with Gasteiger partial charge in [0, 0.05) is 13.1 Å². The van der Waals surface area contributed by atoms with Gasteiger partial charge in [0.15, 0.2) is 0 Å². The van der Waals surface area contributed by atoms with Crippen LogP contribution in [0.2, 0.25) is 0 Å². The largest absolute Gasteiger partial charge is 0.370 e. The number of benzene rings is 1. The van der Waals surface area contributed by atoms with Gasteiger partial charge in [-0.3, -0.25) is 4.79 Å². The zero-order valence-electron chi connectivity index (χ0n) is 10.6. The van der Waals surface area contributed by atoms with Crippen molar-refractivity contribution in [3.8, 4) is 0 Å². The first kappa shape index (κ1) is 12.2. The fourth-order valence-corrected chi connectivity index (χ4v) is 3.02. The quantitative estimate of drug-likeness (QED) is 0.926. The molecular formula is C15H16N2OS. The highest BCUT2D eigenvalue weighted by molar-refractivity contribution is 7.12. The smallest absolute Gasteiger partial charge is 0.265 e. The second-order valence-electron chi connectivity index (χ2n) is 4.64. The van der Waals surface area contributed by atoms with E-state index in [2.05, 4.69) is 16.3 Å². The number of hydrogen-bond acceptors (Lipinski definition) is 3. The molecule has 0 aliphatic carbocycles. The first-order chi connectivity index (χ1) is 9.34. The van der Waals surface area contributed by atoms with E-state index in [1.807, 2.05) is 35.7 Å². The van der Waals surface area contributed by atoms with Crippen LogP contribution in [-0.2, 0) is 0 Å². The molecule has 0 atom stereocenters. The van der Waals surface area contributed by atoms with E-state index < -0.39 is 0 Å². The van der Waals surface area contributed by atoms with Gasteiger partial charge in [0.05, 0.1) is 16.3 Å². The molecule has 1 amide bonds. The van der Waals surface area contributed by atoms with Gasteiger partial charge in [-0.25, -0.2) is 0 Å². The summed E-state index contributed by atoms with van der Waals surface area (Å²) in [6.45, 7) is 2.15. The molecule has 1 aliphatic heterocycles. The average molecular weight is 272 g/mol. The van der Waals surface area contributed by atoms with Crippen molar-refractivity contribution in [1.82, 2.24) is 0 Å². The fraction of sp³-hybridized carbons (Fsp3) is 0.267. The summed E-state index contributed by atoms with van der Waals surface area (Å²) in [4.78, 5) is 15.2. The highest BCUT2D eigenvalue weighted by Crippen LogP contribution is 2.29. The summed E-state index contributed by atoms with van der Waals surface area (Å²) in [5.41, 5.74) is 2.03. The van der Waals surface area contributed by atoms with Gasteiger partial charge in [0.2, 0.25) is 0 Å². The van der Waals surface area contributed by atoms with E-state index in [-0.39, 0.29) is 5.91 Å².